The standard InChI is InChI=1S/C9H11NO/c1-9(2)10-7-5-3-4-6-8(7)11-9/h3-6,10H,1-2H3. The molecule has 0 radical (unpaired) electrons. The van der Waals surface area contributed by atoms with Gasteiger partial charge in [-0.15, -0.1) is 0 Å². The third kappa shape index (κ3) is 1.04. The van der Waals surface area contributed by atoms with E-state index in [2.05, 4.69) is 5.32 Å². The Kier molecular flexibility index (Phi) is 1.13. The Morgan fingerprint density at radius 2 is 2.00 bits per heavy atom. The average molecular weight is 149 g/mol. The molecule has 0 saturated heterocycles. The highest BCUT2D eigenvalue weighted by atomic mass is 16.5. The summed E-state index contributed by atoms with van der Waals surface area (Å²) in [4.78, 5) is 0. The van der Waals surface area contributed by atoms with Crippen LogP contribution in [0.3, 0.4) is 0 Å². The predicted molar refractivity (Wildman–Crippen MR) is 44.8 cm³/mol. The second-order valence-electron chi connectivity index (χ2n) is 3.23. The number of rotatable bonds is 0. The van der Waals surface area contributed by atoms with Gasteiger partial charge in [0.1, 0.15) is 5.75 Å². The van der Waals surface area contributed by atoms with Crippen molar-refractivity contribution in [2.75, 3.05) is 5.32 Å². The molecule has 0 aromatic heterocycles. The van der Waals surface area contributed by atoms with E-state index in [-0.39, 0.29) is 5.72 Å². The van der Waals surface area contributed by atoms with Gasteiger partial charge in [-0.05, 0) is 26.0 Å². The zero-order valence-corrected chi connectivity index (χ0v) is 6.72. The molecule has 0 fully saturated rings. The van der Waals surface area contributed by atoms with Crippen molar-refractivity contribution < 1.29 is 4.74 Å². The van der Waals surface area contributed by atoms with Gasteiger partial charge in [-0.3, -0.25) is 0 Å². The topological polar surface area (TPSA) is 21.3 Å². The van der Waals surface area contributed by atoms with E-state index in [0.29, 0.717) is 0 Å². The highest BCUT2D eigenvalue weighted by Gasteiger charge is 2.27. The minimum absolute atomic E-state index is 0.246. The van der Waals surface area contributed by atoms with E-state index in [9.17, 15) is 0 Å². The van der Waals surface area contributed by atoms with Crippen LogP contribution in [-0.4, -0.2) is 5.72 Å². The Hall–Kier alpha value is -1.18. The van der Waals surface area contributed by atoms with Gasteiger partial charge in [0.05, 0.1) is 5.69 Å². The van der Waals surface area contributed by atoms with E-state index < -0.39 is 0 Å². The molecule has 0 saturated carbocycles. The molecule has 0 atom stereocenters. The molecule has 1 aromatic rings. The van der Waals surface area contributed by atoms with Crippen LogP contribution in [-0.2, 0) is 0 Å². The van der Waals surface area contributed by atoms with Crippen LogP contribution in [0.15, 0.2) is 24.3 Å². The maximum atomic E-state index is 5.58. The zero-order chi connectivity index (χ0) is 7.90. The largest absolute Gasteiger partial charge is 0.467 e. The number of fused-ring (bicyclic) bond motifs is 1. The summed E-state index contributed by atoms with van der Waals surface area (Å²) in [6, 6.07) is 7.96. The molecule has 0 amide bonds. The van der Waals surface area contributed by atoms with Crippen LogP contribution in [0.2, 0.25) is 0 Å². The lowest BCUT2D eigenvalue weighted by atomic mass is 10.3. The van der Waals surface area contributed by atoms with Crippen molar-refractivity contribution in [3.63, 3.8) is 0 Å². The molecule has 1 aromatic carbocycles. The number of ether oxygens (including phenoxy) is 1. The van der Waals surface area contributed by atoms with Crippen LogP contribution in [0.25, 0.3) is 0 Å². The van der Waals surface area contributed by atoms with Gasteiger partial charge in [-0.2, -0.15) is 0 Å². The molecule has 2 nitrogen and oxygen atoms in total. The van der Waals surface area contributed by atoms with E-state index in [1.165, 1.54) is 0 Å². The third-order valence-electron chi connectivity index (χ3n) is 1.69. The summed E-state index contributed by atoms with van der Waals surface area (Å²) in [5.41, 5.74) is 0.835. The SMILES string of the molecule is CC1(C)Nc2ccccc2O1. The number of nitrogens with one attached hydrogen (secondary N) is 1. The fourth-order valence-electron chi connectivity index (χ4n) is 1.28. The van der Waals surface area contributed by atoms with Crippen LogP contribution in [0.5, 0.6) is 5.75 Å². The van der Waals surface area contributed by atoms with E-state index in [4.69, 9.17) is 4.74 Å². The Labute approximate surface area is 66.2 Å². The summed E-state index contributed by atoms with van der Waals surface area (Å²) in [6.07, 6.45) is 0. The number of benzene rings is 1. The highest BCUT2D eigenvalue weighted by Crippen LogP contribution is 2.35. The summed E-state index contributed by atoms with van der Waals surface area (Å²) >= 11 is 0. The minimum atomic E-state index is -0.246. The fraction of sp³-hybridized carbons (Fsp3) is 0.333. The second kappa shape index (κ2) is 1.91. The summed E-state index contributed by atoms with van der Waals surface area (Å²) < 4.78 is 5.58. The molecule has 1 aliphatic rings. The maximum absolute atomic E-state index is 5.58. The van der Waals surface area contributed by atoms with Gasteiger partial charge in [-0.25, -0.2) is 0 Å². The molecule has 58 valence electrons. The van der Waals surface area contributed by atoms with E-state index in [1.807, 2.05) is 38.1 Å². The molecule has 0 bridgehead atoms. The first kappa shape index (κ1) is 6.53. The highest BCUT2D eigenvalue weighted by molar-refractivity contribution is 5.60. The minimum Gasteiger partial charge on any atom is -0.467 e. The monoisotopic (exact) mass is 149 g/mol. The van der Waals surface area contributed by atoms with E-state index in [0.717, 1.165) is 11.4 Å². The summed E-state index contributed by atoms with van der Waals surface area (Å²) in [5.74, 6) is 0.942. The van der Waals surface area contributed by atoms with Crippen molar-refractivity contribution in [2.24, 2.45) is 0 Å². The molecule has 1 aliphatic heterocycles. The first-order chi connectivity index (χ1) is 5.17. The van der Waals surface area contributed by atoms with Gasteiger partial charge >= 0.3 is 0 Å². The van der Waals surface area contributed by atoms with Crippen molar-refractivity contribution in [1.82, 2.24) is 0 Å². The van der Waals surface area contributed by atoms with Crippen LogP contribution in [0, 0.1) is 0 Å². The van der Waals surface area contributed by atoms with Gasteiger partial charge in [0, 0.05) is 0 Å². The van der Waals surface area contributed by atoms with Crippen molar-refractivity contribution in [1.29, 1.82) is 0 Å². The molecule has 0 spiro atoms. The van der Waals surface area contributed by atoms with Crippen molar-refractivity contribution >= 4 is 5.69 Å². The van der Waals surface area contributed by atoms with Gasteiger partial charge < -0.3 is 10.1 Å². The van der Waals surface area contributed by atoms with Crippen molar-refractivity contribution in [3.05, 3.63) is 24.3 Å². The van der Waals surface area contributed by atoms with Crippen LogP contribution < -0.4 is 10.1 Å². The number of para-hydroxylation sites is 2. The number of hydrogen-bond acceptors (Lipinski definition) is 2. The first-order valence-corrected chi connectivity index (χ1v) is 3.74. The molecular weight excluding hydrogens is 138 g/mol. The zero-order valence-electron chi connectivity index (χ0n) is 6.72. The van der Waals surface area contributed by atoms with Gasteiger partial charge in [0.15, 0.2) is 5.72 Å². The Morgan fingerprint density at radius 3 is 2.73 bits per heavy atom. The number of hydrogen-bond donors (Lipinski definition) is 1. The van der Waals surface area contributed by atoms with Crippen molar-refractivity contribution in [2.45, 2.75) is 19.6 Å². The Morgan fingerprint density at radius 1 is 1.27 bits per heavy atom. The smallest absolute Gasteiger partial charge is 0.175 e. The molecule has 2 heteroatoms. The van der Waals surface area contributed by atoms with Gasteiger partial charge in [-0.1, -0.05) is 12.1 Å². The maximum Gasteiger partial charge on any atom is 0.175 e. The summed E-state index contributed by atoms with van der Waals surface area (Å²) in [5, 5.41) is 3.25. The molecule has 0 unspecified atom stereocenters. The van der Waals surface area contributed by atoms with Crippen LogP contribution >= 0.6 is 0 Å². The molecule has 11 heavy (non-hydrogen) atoms. The molecule has 1 N–H and O–H groups in total. The normalized spacial score (nSPS) is 18.4. The first-order valence-electron chi connectivity index (χ1n) is 3.74. The lowest BCUT2D eigenvalue weighted by molar-refractivity contribution is 0.162. The third-order valence-corrected chi connectivity index (χ3v) is 1.69. The summed E-state index contributed by atoms with van der Waals surface area (Å²) in [6.45, 7) is 4.01. The second-order valence-corrected chi connectivity index (χ2v) is 3.23. The molecule has 2 rings (SSSR count). The van der Waals surface area contributed by atoms with Gasteiger partial charge in [0.2, 0.25) is 0 Å². The Balaban J connectivity index is 2.41. The molecule has 0 aliphatic carbocycles. The van der Waals surface area contributed by atoms with E-state index >= 15 is 0 Å². The summed E-state index contributed by atoms with van der Waals surface area (Å²) in [7, 11) is 0. The van der Waals surface area contributed by atoms with Crippen LogP contribution in [0.4, 0.5) is 5.69 Å². The Bertz CT molecular complexity index is 254. The van der Waals surface area contributed by atoms with Gasteiger partial charge in [0.25, 0.3) is 0 Å². The number of anilines is 1. The lowest BCUT2D eigenvalue weighted by Gasteiger charge is -2.17. The molecular formula is C9H11NO. The fourth-order valence-corrected chi connectivity index (χ4v) is 1.28. The van der Waals surface area contributed by atoms with Crippen molar-refractivity contribution in [3.8, 4) is 5.75 Å². The predicted octanol–water partition coefficient (Wildman–Crippen LogP) is 2.23. The molecule has 1 heterocycles. The quantitative estimate of drug-likeness (QED) is 0.610. The average Bonchev–Trinajstić information content (AvgIpc) is 2.21. The van der Waals surface area contributed by atoms with Crippen LogP contribution in [0.1, 0.15) is 13.8 Å². The lowest BCUT2D eigenvalue weighted by Crippen LogP contribution is -2.31. The van der Waals surface area contributed by atoms with E-state index in [1.54, 1.807) is 0 Å².